The topological polar surface area (TPSA) is 90.0 Å². The van der Waals surface area contributed by atoms with E-state index in [4.69, 9.17) is 5.73 Å². The lowest BCUT2D eigenvalue weighted by molar-refractivity contribution is 0.599. The third-order valence-electron chi connectivity index (χ3n) is 3.08. The van der Waals surface area contributed by atoms with E-state index in [1.54, 1.807) is 6.07 Å². The van der Waals surface area contributed by atoms with Crippen molar-refractivity contribution in [3.8, 4) is 0 Å². The molecule has 0 atom stereocenters. The maximum absolute atomic E-state index is 12.3. The van der Waals surface area contributed by atoms with Gasteiger partial charge in [0.25, 0.3) is 10.0 Å². The molecule has 0 fully saturated rings. The van der Waals surface area contributed by atoms with Gasteiger partial charge in [-0.25, -0.2) is 8.42 Å². The van der Waals surface area contributed by atoms with Crippen LogP contribution in [0.3, 0.4) is 0 Å². The smallest absolute Gasteiger partial charge is 0.265 e. The van der Waals surface area contributed by atoms with Crippen LogP contribution in [0, 0.1) is 0 Å². The summed E-state index contributed by atoms with van der Waals surface area (Å²) < 4.78 is 28.7. The minimum absolute atomic E-state index is 0.130. The number of nitrogens with two attached hydrogens (primary N) is 1. The molecule has 0 spiro atoms. The first-order valence-electron chi connectivity index (χ1n) is 6.77. The molecule has 0 unspecified atom stereocenters. The zero-order chi connectivity index (χ0) is 15.5. The number of anilines is 1. The summed E-state index contributed by atoms with van der Waals surface area (Å²) in [6.45, 7) is 5.01. The van der Waals surface area contributed by atoms with Crippen LogP contribution in [0.5, 0.6) is 0 Å². The van der Waals surface area contributed by atoms with Crippen LogP contribution in [0.25, 0.3) is 0 Å². The second kappa shape index (κ2) is 6.28. The first kappa shape index (κ1) is 15.5. The zero-order valence-corrected chi connectivity index (χ0v) is 13.0. The SMILES string of the molecule is CC(C)c1cccc(NS(=O)(=O)c2cnn(CCN)c2)c1. The molecule has 0 bridgehead atoms. The lowest BCUT2D eigenvalue weighted by Gasteiger charge is -2.10. The predicted molar refractivity (Wildman–Crippen MR) is 82.6 cm³/mol. The second-order valence-corrected chi connectivity index (χ2v) is 6.80. The van der Waals surface area contributed by atoms with Gasteiger partial charge in [-0.3, -0.25) is 9.40 Å². The van der Waals surface area contributed by atoms with Crippen molar-refractivity contribution in [3.05, 3.63) is 42.2 Å². The molecule has 1 aromatic heterocycles. The Kier molecular flexibility index (Phi) is 4.64. The standard InChI is InChI=1S/C14H20N4O2S/c1-11(2)12-4-3-5-13(8-12)17-21(19,20)14-9-16-18(10-14)7-6-15/h3-5,8-11,17H,6-7,15H2,1-2H3. The molecular formula is C14H20N4O2S. The molecule has 2 rings (SSSR count). The van der Waals surface area contributed by atoms with Gasteiger partial charge in [-0.05, 0) is 23.6 Å². The average Bonchev–Trinajstić information content (AvgIpc) is 2.88. The largest absolute Gasteiger partial charge is 0.329 e. The van der Waals surface area contributed by atoms with E-state index in [-0.39, 0.29) is 4.90 Å². The molecule has 1 aromatic carbocycles. The number of hydrogen-bond acceptors (Lipinski definition) is 4. The number of benzene rings is 1. The molecule has 0 saturated carbocycles. The molecule has 7 heteroatoms. The normalized spacial score (nSPS) is 11.8. The van der Waals surface area contributed by atoms with Gasteiger partial charge in [-0.1, -0.05) is 26.0 Å². The molecule has 0 saturated heterocycles. The fourth-order valence-electron chi connectivity index (χ4n) is 1.91. The Morgan fingerprint density at radius 1 is 1.38 bits per heavy atom. The molecule has 0 aliphatic rings. The number of rotatable bonds is 6. The van der Waals surface area contributed by atoms with E-state index >= 15 is 0 Å². The van der Waals surface area contributed by atoms with E-state index in [0.717, 1.165) is 5.56 Å². The fraction of sp³-hybridized carbons (Fsp3) is 0.357. The van der Waals surface area contributed by atoms with Gasteiger partial charge in [0.1, 0.15) is 4.90 Å². The van der Waals surface area contributed by atoms with Gasteiger partial charge in [0.05, 0.1) is 12.7 Å². The highest BCUT2D eigenvalue weighted by atomic mass is 32.2. The molecule has 21 heavy (non-hydrogen) atoms. The van der Waals surface area contributed by atoms with Crippen LogP contribution in [0.15, 0.2) is 41.6 Å². The summed E-state index contributed by atoms with van der Waals surface area (Å²) >= 11 is 0. The highest BCUT2D eigenvalue weighted by Crippen LogP contribution is 2.21. The molecule has 2 aromatic rings. The Bertz CT molecular complexity index is 707. The molecule has 0 amide bonds. The summed E-state index contributed by atoms with van der Waals surface area (Å²) in [5, 5.41) is 3.98. The van der Waals surface area contributed by atoms with E-state index in [9.17, 15) is 8.42 Å². The van der Waals surface area contributed by atoms with Crippen molar-refractivity contribution in [1.29, 1.82) is 0 Å². The molecule has 0 aliphatic heterocycles. The van der Waals surface area contributed by atoms with Gasteiger partial charge < -0.3 is 5.73 Å². The summed E-state index contributed by atoms with van der Waals surface area (Å²) in [4.78, 5) is 0.130. The maximum Gasteiger partial charge on any atom is 0.265 e. The highest BCUT2D eigenvalue weighted by molar-refractivity contribution is 7.92. The van der Waals surface area contributed by atoms with E-state index in [1.165, 1.54) is 17.1 Å². The van der Waals surface area contributed by atoms with Crippen LogP contribution in [0.4, 0.5) is 5.69 Å². The van der Waals surface area contributed by atoms with Crippen molar-refractivity contribution in [1.82, 2.24) is 9.78 Å². The number of nitrogens with one attached hydrogen (secondary N) is 1. The molecule has 3 N–H and O–H groups in total. The van der Waals surface area contributed by atoms with Gasteiger partial charge in [0, 0.05) is 18.4 Å². The third kappa shape index (κ3) is 3.83. The highest BCUT2D eigenvalue weighted by Gasteiger charge is 2.17. The first-order valence-corrected chi connectivity index (χ1v) is 8.26. The lowest BCUT2D eigenvalue weighted by Crippen LogP contribution is -2.13. The van der Waals surface area contributed by atoms with Crippen LogP contribution >= 0.6 is 0 Å². The summed E-state index contributed by atoms with van der Waals surface area (Å²) in [5.74, 6) is 0.335. The lowest BCUT2D eigenvalue weighted by atomic mass is 10.0. The van der Waals surface area contributed by atoms with Crippen LogP contribution in [-0.2, 0) is 16.6 Å². The maximum atomic E-state index is 12.3. The molecular weight excluding hydrogens is 288 g/mol. The van der Waals surface area contributed by atoms with Gasteiger partial charge in [0.2, 0.25) is 0 Å². The summed E-state index contributed by atoms with van der Waals surface area (Å²) in [6, 6.07) is 7.38. The molecule has 0 aliphatic carbocycles. The van der Waals surface area contributed by atoms with E-state index in [2.05, 4.69) is 23.7 Å². The minimum Gasteiger partial charge on any atom is -0.329 e. The van der Waals surface area contributed by atoms with Crippen molar-refractivity contribution in [2.24, 2.45) is 5.73 Å². The molecule has 114 valence electrons. The molecule has 0 radical (unpaired) electrons. The Morgan fingerprint density at radius 2 is 2.14 bits per heavy atom. The monoisotopic (exact) mass is 308 g/mol. The van der Waals surface area contributed by atoms with Crippen molar-refractivity contribution >= 4 is 15.7 Å². The molecule has 1 heterocycles. The number of sulfonamides is 1. The van der Waals surface area contributed by atoms with Crippen molar-refractivity contribution in [3.63, 3.8) is 0 Å². The third-order valence-corrected chi connectivity index (χ3v) is 4.42. The van der Waals surface area contributed by atoms with Gasteiger partial charge >= 0.3 is 0 Å². The van der Waals surface area contributed by atoms with Gasteiger partial charge in [0.15, 0.2) is 0 Å². The molecule has 6 nitrogen and oxygen atoms in total. The Hall–Kier alpha value is -1.86. The summed E-state index contributed by atoms with van der Waals surface area (Å²) in [5.41, 5.74) is 7.05. The number of hydrogen-bond donors (Lipinski definition) is 2. The zero-order valence-electron chi connectivity index (χ0n) is 12.2. The van der Waals surface area contributed by atoms with Crippen LogP contribution in [0.1, 0.15) is 25.3 Å². The van der Waals surface area contributed by atoms with Crippen molar-refractivity contribution in [2.75, 3.05) is 11.3 Å². The first-order chi connectivity index (χ1) is 9.92. The minimum atomic E-state index is -3.63. The Labute approximate surface area is 125 Å². The average molecular weight is 308 g/mol. The second-order valence-electron chi connectivity index (χ2n) is 5.11. The summed E-state index contributed by atoms with van der Waals surface area (Å²) in [7, 11) is -3.63. The Morgan fingerprint density at radius 3 is 2.81 bits per heavy atom. The van der Waals surface area contributed by atoms with Crippen molar-refractivity contribution in [2.45, 2.75) is 31.2 Å². The summed E-state index contributed by atoms with van der Waals surface area (Å²) in [6.07, 6.45) is 2.80. The Balaban J connectivity index is 2.22. The van der Waals surface area contributed by atoms with Crippen molar-refractivity contribution < 1.29 is 8.42 Å². The number of aromatic nitrogens is 2. The van der Waals surface area contributed by atoms with Gasteiger partial charge in [-0.15, -0.1) is 0 Å². The quantitative estimate of drug-likeness (QED) is 0.851. The number of nitrogens with zero attached hydrogens (tertiary/aromatic N) is 2. The van der Waals surface area contributed by atoms with Crippen LogP contribution < -0.4 is 10.5 Å². The van der Waals surface area contributed by atoms with E-state index < -0.39 is 10.0 Å². The van der Waals surface area contributed by atoms with Crippen LogP contribution in [-0.4, -0.2) is 24.7 Å². The predicted octanol–water partition coefficient (Wildman–Crippen LogP) is 1.77. The van der Waals surface area contributed by atoms with Gasteiger partial charge in [-0.2, -0.15) is 5.10 Å². The van der Waals surface area contributed by atoms with Crippen LogP contribution in [0.2, 0.25) is 0 Å². The van der Waals surface area contributed by atoms with E-state index in [0.29, 0.717) is 24.7 Å². The van der Waals surface area contributed by atoms with E-state index in [1.807, 2.05) is 18.2 Å². The fourth-order valence-corrected chi connectivity index (χ4v) is 2.91.